The number of nitrogens with two attached hydrogens (primary N) is 1. The Labute approximate surface area is 124 Å². The monoisotopic (exact) mass is 308 g/mol. The Morgan fingerprint density at radius 1 is 1.42 bits per heavy atom. The van der Waals surface area contributed by atoms with Gasteiger partial charge in [0.2, 0.25) is 0 Å². The van der Waals surface area contributed by atoms with Crippen LogP contribution in [0.15, 0.2) is 18.2 Å². The molecule has 0 aliphatic rings. The molecule has 0 aromatic heterocycles. The fraction of sp³-hybridized carbons (Fsp3) is 0.462. The zero-order chi connectivity index (χ0) is 13.8. The molecular weight excluding hydrogens is 290 g/mol. The number of hydrogen-bond donors (Lipinski definition) is 2. The minimum absolute atomic E-state index is 0. The molecule has 0 spiro atoms. The van der Waals surface area contributed by atoms with Gasteiger partial charge in [-0.2, -0.15) is 0 Å². The summed E-state index contributed by atoms with van der Waals surface area (Å²) in [5, 5.41) is 2.69. The summed E-state index contributed by atoms with van der Waals surface area (Å²) in [4.78, 5) is 12.1. The van der Waals surface area contributed by atoms with E-state index in [4.69, 9.17) is 17.3 Å². The lowest BCUT2D eigenvalue weighted by molar-refractivity contribution is 0.0895. The van der Waals surface area contributed by atoms with E-state index in [9.17, 15) is 9.18 Å². The fourth-order valence-electron chi connectivity index (χ4n) is 1.75. The van der Waals surface area contributed by atoms with Gasteiger partial charge in [-0.25, -0.2) is 4.39 Å². The molecule has 19 heavy (non-hydrogen) atoms. The van der Waals surface area contributed by atoms with Crippen LogP contribution in [0.5, 0.6) is 0 Å². The molecule has 1 aromatic carbocycles. The Balaban J connectivity index is 0.00000324. The fourth-order valence-corrected chi connectivity index (χ4v) is 1.97. The topological polar surface area (TPSA) is 55.1 Å². The number of amides is 1. The molecule has 1 aromatic rings. The molecular formula is C13H19Cl2FN2O. The molecule has 3 nitrogen and oxygen atoms in total. The molecule has 6 heteroatoms. The lowest BCUT2D eigenvalue weighted by atomic mass is 9.92. The molecule has 1 rings (SSSR count). The van der Waals surface area contributed by atoms with Gasteiger partial charge < -0.3 is 11.1 Å². The van der Waals surface area contributed by atoms with Gasteiger partial charge in [-0.3, -0.25) is 4.79 Å². The van der Waals surface area contributed by atoms with Crippen LogP contribution in [0.4, 0.5) is 4.39 Å². The van der Waals surface area contributed by atoms with E-state index in [1.54, 1.807) is 0 Å². The molecule has 0 heterocycles. The lowest BCUT2D eigenvalue weighted by Crippen LogP contribution is -2.52. The van der Waals surface area contributed by atoms with E-state index in [0.717, 1.165) is 0 Å². The normalized spacial score (nSPS) is 10.8. The minimum atomic E-state index is -0.601. The number of rotatable bonds is 5. The SMILES string of the molecule is CCC(CC)(CN)NC(=O)c1cccc(F)c1Cl.Cl. The van der Waals surface area contributed by atoms with Gasteiger partial charge in [0.1, 0.15) is 5.82 Å². The zero-order valence-electron chi connectivity index (χ0n) is 11.0. The van der Waals surface area contributed by atoms with Crippen molar-refractivity contribution in [2.45, 2.75) is 32.2 Å². The summed E-state index contributed by atoms with van der Waals surface area (Å²) in [6, 6.07) is 4.17. The number of nitrogens with one attached hydrogen (secondary N) is 1. The highest BCUT2D eigenvalue weighted by atomic mass is 35.5. The van der Waals surface area contributed by atoms with Gasteiger partial charge in [-0.1, -0.05) is 31.5 Å². The molecule has 0 atom stereocenters. The van der Waals surface area contributed by atoms with Gasteiger partial charge in [-0.15, -0.1) is 12.4 Å². The Morgan fingerprint density at radius 3 is 2.47 bits per heavy atom. The molecule has 0 unspecified atom stereocenters. The Kier molecular flexibility index (Phi) is 7.34. The third-order valence-corrected chi connectivity index (χ3v) is 3.70. The summed E-state index contributed by atoms with van der Waals surface area (Å²) in [5.74, 6) is -0.996. The van der Waals surface area contributed by atoms with Crippen molar-refractivity contribution in [1.29, 1.82) is 0 Å². The molecule has 1 amide bonds. The highest BCUT2D eigenvalue weighted by Gasteiger charge is 2.27. The first kappa shape index (κ1) is 18.2. The molecule has 3 N–H and O–H groups in total. The van der Waals surface area contributed by atoms with Gasteiger partial charge >= 0.3 is 0 Å². The van der Waals surface area contributed by atoms with Crippen LogP contribution in [0, 0.1) is 5.82 Å². The molecule has 0 saturated heterocycles. The average Bonchev–Trinajstić information content (AvgIpc) is 2.39. The molecule has 0 aliphatic heterocycles. The van der Waals surface area contributed by atoms with Crippen LogP contribution in [0.2, 0.25) is 5.02 Å². The van der Waals surface area contributed by atoms with Crippen molar-refractivity contribution in [2.75, 3.05) is 6.54 Å². The van der Waals surface area contributed by atoms with E-state index < -0.39 is 17.3 Å². The van der Waals surface area contributed by atoms with Crippen molar-refractivity contribution in [2.24, 2.45) is 5.73 Å². The Bertz CT molecular complexity index is 428. The number of halogens is 3. The highest BCUT2D eigenvalue weighted by molar-refractivity contribution is 6.34. The number of carbonyl (C=O) groups excluding carboxylic acids is 1. The number of benzene rings is 1. The average molecular weight is 309 g/mol. The predicted octanol–water partition coefficient (Wildman–Crippen LogP) is 3.15. The van der Waals surface area contributed by atoms with Gasteiger partial charge in [0, 0.05) is 6.54 Å². The molecule has 108 valence electrons. The summed E-state index contributed by atoms with van der Waals surface area (Å²) < 4.78 is 13.3. The summed E-state index contributed by atoms with van der Waals surface area (Å²) in [6.45, 7) is 4.23. The van der Waals surface area contributed by atoms with Gasteiger partial charge in [0.15, 0.2) is 0 Å². The highest BCUT2D eigenvalue weighted by Crippen LogP contribution is 2.21. The largest absolute Gasteiger partial charge is 0.345 e. The minimum Gasteiger partial charge on any atom is -0.345 e. The molecule has 0 saturated carbocycles. The second-order valence-electron chi connectivity index (χ2n) is 4.25. The molecule has 0 radical (unpaired) electrons. The maximum Gasteiger partial charge on any atom is 0.253 e. The van der Waals surface area contributed by atoms with E-state index in [1.807, 2.05) is 13.8 Å². The maximum absolute atomic E-state index is 13.3. The van der Waals surface area contributed by atoms with E-state index >= 15 is 0 Å². The van der Waals surface area contributed by atoms with Gasteiger partial charge in [0.25, 0.3) is 5.91 Å². The first-order valence-electron chi connectivity index (χ1n) is 5.96. The van der Waals surface area contributed by atoms with Crippen molar-refractivity contribution < 1.29 is 9.18 Å². The molecule has 0 fully saturated rings. The summed E-state index contributed by atoms with van der Waals surface area (Å²) in [6.07, 6.45) is 1.41. The number of carbonyl (C=O) groups is 1. The summed E-state index contributed by atoms with van der Waals surface area (Å²) in [7, 11) is 0. The van der Waals surface area contributed by atoms with E-state index in [0.29, 0.717) is 19.4 Å². The first-order chi connectivity index (χ1) is 8.49. The zero-order valence-corrected chi connectivity index (χ0v) is 12.6. The van der Waals surface area contributed by atoms with Crippen LogP contribution in [0.25, 0.3) is 0 Å². The van der Waals surface area contributed by atoms with Crippen molar-refractivity contribution in [3.05, 3.63) is 34.6 Å². The maximum atomic E-state index is 13.3. The third kappa shape index (κ3) is 4.06. The van der Waals surface area contributed by atoms with Crippen molar-refractivity contribution in [3.63, 3.8) is 0 Å². The first-order valence-corrected chi connectivity index (χ1v) is 6.34. The van der Waals surface area contributed by atoms with Crippen LogP contribution in [0.1, 0.15) is 37.0 Å². The second-order valence-corrected chi connectivity index (χ2v) is 4.63. The van der Waals surface area contributed by atoms with E-state index in [-0.39, 0.29) is 23.0 Å². The van der Waals surface area contributed by atoms with E-state index in [2.05, 4.69) is 5.32 Å². The second kappa shape index (κ2) is 7.68. The summed E-state index contributed by atoms with van der Waals surface area (Å²) >= 11 is 5.78. The van der Waals surface area contributed by atoms with Crippen molar-refractivity contribution >= 4 is 29.9 Å². The Morgan fingerprint density at radius 2 is 2.00 bits per heavy atom. The van der Waals surface area contributed by atoms with Crippen molar-refractivity contribution in [1.82, 2.24) is 5.32 Å². The van der Waals surface area contributed by atoms with Crippen LogP contribution in [-0.2, 0) is 0 Å². The summed E-state index contributed by atoms with van der Waals surface area (Å²) in [5.41, 5.74) is 5.37. The molecule has 0 bridgehead atoms. The Hall–Kier alpha value is -0.840. The van der Waals surface area contributed by atoms with Crippen molar-refractivity contribution in [3.8, 4) is 0 Å². The van der Waals surface area contributed by atoms with Crippen LogP contribution >= 0.6 is 24.0 Å². The van der Waals surface area contributed by atoms with Gasteiger partial charge in [0.05, 0.1) is 16.1 Å². The van der Waals surface area contributed by atoms with Gasteiger partial charge in [-0.05, 0) is 25.0 Å². The quantitative estimate of drug-likeness (QED) is 0.878. The lowest BCUT2D eigenvalue weighted by Gasteiger charge is -2.31. The van der Waals surface area contributed by atoms with Crippen LogP contribution in [0.3, 0.4) is 0 Å². The van der Waals surface area contributed by atoms with E-state index in [1.165, 1.54) is 18.2 Å². The van der Waals surface area contributed by atoms with Crippen LogP contribution < -0.4 is 11.1 Å². The molecule has 0 aliphatic carbocycles. The smallest absolute Gasteiger partial charge is 0.253 e. The predicted molar refractivity (Wildman–Crippen MR) is 78.5 cm³/mol. The number of hydrogen-bond acceptors (Lipinski definition) is 2. The standard InChI is InChI=1S/C13H18ClFN2O.ClH/c1-3-13(4-2,8-16)17-12(18)9-6-5-7-10(15)11(9)14;/h5-7H,3-4,8,16H2,1-2H3,(H,17,18);1H. The van der Waals surface area contributed by atoms with Crippen LogP contribution in [-0.4, -0.2) is 18.0 Å². The third-order valence-electron chi connectivity index (χ3n) is 3.32.